The standard InChI is InChI=1S/C15H20N4O5S/c20-15(12-5-6-16-11-12)17-7-9-18(10-8-17)25(23,24)14-4-2-1-3-13(14)19(21)22/h1-4,12,16H,5-11H2. The van der Waals surface area contributed by atoms with Gasteiger partial charge >= 0.3 is 0 Å². The van der Waals surface area contributed by atoms with E-state index in [2.05, 4.69) is 5.32 Å². The van der Waals surface area contributed by atoms with Gasteiger partial charge in [0.1, 0.15) is 0 Å². The molecule has 2 aliphatic heterocycles. The Hall–Kier alpha value is -2.04. The Morgan fingerprint density at radius 3 is 2.48 bits per heavy atom. The predicted octanol–water partition coefficient (Wildman–Crippen LogP) is 0.0372. The first-order valence-corrected chi connectivity index (χ1v) is 9.58. The van der Waals surface area contributed by atoms with Gasteiger partial charge in [0.15, 0.2) is 4.90 Å². The van der Waals surface area contributed by atoms with Crippen LogP contribution in [0.15, 0.2) is 29.2 Å². The molecule has 0 aliphatic carbocycles. The number of piperazine rings is 1. The van der Waals surface area contributed by atoms with Crippen molar-refractivity contribution in [3.05, 3.63) is 34.4 Å². The number of nitro benzene ring substituents is 1. The van der Waals surface area contributed by atoms with Gasteiger partial charge in [-0.2, -0.15) is 4.31 Å². The SMILES string of the molecule is O=C(C1CCNC1)N1CCN(S(=O)(=O)c2ccccc2[N+](=O)[O-])CC1. The van der Waals surface area contributed by atoms with Crippen LogP contribution in [0, 0.1) is 16.0 Å². The van der Waals surface area contributed by atoms with Crippen LogP contribution >= 0.6 is 0 Å². The van der Waals surface area contributed by atoms with Gasteiger partial charge in [-0.15, -0.1) is 0 Å². The van der Waals surface area contributed by atoms with Crippen molar-refractivity contribution in [2.75, 3.05) is 39.3 Å². The Kier molecular flexibility index (Phi) is 5.02. The molecule has 2 aliphatic rings. The summed E-state index contributed by atoms with van der Waals surface area (Å²) in [5.74, 6) is 0.00566. The number of nitrogens with one attached hydrogen (secondary N) is 1. The second-order valence-electron chi connectivity index (χ2n) is 6.14. The summed E-state index contributed by atoms with van der Waals surface area (Å²) >= 11 is 0. The fourth-order valence-electron chi connectivity index (χ4n) is 3.24. The second kappa shape index (κ2) is 7.06. The first-order chi connectivity index (χ1) is 11.9. The molecule has 1 atom stereocenters. The summed E-state index contributed by atoms with van der Waals surface area (Å²) in [7, 11) is -3.96. The molecule has 3 rings (SSSR count). The molecule has 0 bridgehead atoms. The molecule has 0 spiro atoms. The molecule has 1 unspecified atom stereocenters. The van der Waals surface area contributed by atoms with Crippen molar-refractivity contribution in [1.82, 2.24) is 14.5 Å². The van der Waals surface area contributed by atoms with Gasteiger partial charge in [0.2, 0.25) is 15.9 Å². The summed E-state index contributed by atoms with van der Waals surface area (Å²) in [5.41, 5.74) is -0.432. The number of benzene rings is 1. The van der Waals surface area contributed by atoms with E-state index in [4.69, 9.17) is 0 Å². The molecule has 9 nitrogen and oxygen atoms in total. The van der Waals surface area contributed by atoms with E-state index in [1.54, 1.807) is 4.90 Å². The lowest BCUT2D eigenvalue weighted by Gasteiger charge is -2.35. The van der Waals surface area contributed by atoms with E-state index in [9.17, 15) is 23.3 Å². The third-order valence-electron chi connectivity index (χ3n) is 4.64. The van der Waals surface area contributed by atoms with E-state index in [0.29, 0.717) is 19.6 Å². The zero-order valence-electron chi connectivity index (χ0n) is 13.6. The first kappa shape index (κ1) is 17.8. The van der Waals surface area contributed by atoms with Gasteiger partial charge in [-0.25, -0.2) is 8.42 Å². The molecule has 1 amide bonds. The highest BCUT2D eigenvalue weighted by Gasteiger charge is 2.36. The molecule has 1 aromatic carbocycles. The van der Waals surface area contributed by atoms with Gasteiger partial charge < -0.3 is 10.2 Å². The minimum atomic E-state index is -3.96. The number of rotatable bonds is 4. The van der Waals surface area contributed by atoms with Crippen molar-refractivity contribution in [1.29, 1.82) is 0 Å². The van der Waals surface area contributed by atoms with E-state index < -0.39 is 20.6 Å². The normalized spacial score (nSPS) is 22.1. The van der Waals surface area contributed by atoms with E-state index in [-0.39, 0.29) is 29.8 Å². The molecule has 136 valence electrons. The van der Waals surface area contributed by atoms with Crippen LogP contribution in [0.1, 0.15) is 6.42 Å². The number of nitro groups is 1. The molecule has 2 heterocycles. The summed E-state index contributed by atoms with van der Waals surface area (Å²) in [6.07, 6.45) is 0.799. The molecule has 10 heteroatoms. The van der Waals surface area contributed by atoms with Crippen molar-refractivity contribution in [2.24, 2.45) is 5.92 Å². The summed E-state index contributed by atoms with van der Waals surface area (Å²) in [6.45, 7) is 2.36. The summed E-state index contributed by atoms with van der Waals surface area (Å²) in [4.78, 5) is 24.2. The molecule has 0 radical (unpaired) electrons. The monoisotopic (exact) mass is 368 g/mol. The molecule has 2 fully saturated rings. The predicted molar refractivity (Wildman–Crippen MR) is 89.4 cm³/mol. The zero-order valence-corrected chi connectivity index (χ0v) is 14.4. The fourth-order valence-corrected chi connectivity index (χ4v) is 4.82. The first-order valence-electron chi connectivity index (χ1n) is 8.14. The number of hydrogen-bond acceptors (Lipinski definition) is 6. The minimum absolute atomic E-state index is 0.0432. The van der Waals surface area contributed by atoms with Crippen molar-refractivity contribution in [3.8, 4) is 0 Å². The number of para-hydroxylation sites is 1. The largest absolute Gasteiger partial charge is 0.340 e. The topological polar surface area (TPSA) is 113 Å². The third kappa shape index (κ3) is 3.51. The van der Waals surface area contributed by atoms with E-state index in [1.165, 1.54) is 28.6 Å². The molecule has 1 aromatic rings. The lowest BCUT2D eigenvalue weighted by Crippen LogP contribution is -2.52. The quantitative estimate of drug-likeness (QED) is 0.593. The number of carbonyl (C=O) groups is 1. The average Bonchev–Trinajstić information content (AvgIpc) is 3.16. The number of carbonyl (C=O) groups excluding carboxylic acids is 1. The minimum Gasteiger partial charge on any atom is -0.340 e. The number of hydrogen-bond donors (Lipinski definition) is 1. The van der Waals surface area contributed by atoms with Crippen molar-refractivity contribution in [2.45, 2.75) is 11.3 Å². The van der Waals surface area contributed by atoms with Crippen molar-refractivity contribution in [3.63, 3.8) is 0 Å². The molecule has 25 heavy (non-hydrogen) atoms. The summed E-state index contributed by atoms with van der Waals surface area (Å²) < 4.78 is 26.7. The number of sulfonamides is 1. The van der Waals surface area contributed by atoms with E-state index >= 15 is 0 Å². The Labute approximate surface area is 145 Å². The highest BCUT2D eigenvalue weighted by atomic mass is 32.2. The third-order valence-corrected chi connectivity index (χ3v) is 6.59. The lowest BCUT2D eigenvalue weighted by molar-refractivity contribution is -0.387. The van der Waals surface area contributed by atoms with Crippen molar-refractivity contribution >= 4 is 21.6 Å². The van der Waals surface area contributed by atoms with Crippen LogP contribution < -0.4 is 5.32 Å². The Balaban J connectivity index is 1.72. The van der Waals surface area contributed by atoms with Gasteiger partial charge in [-0.05, 0) is 19.0 Å². The van der Waals surface area contributed by atoms with Crippen LogP contribution in [0.5, 0.6) is 0 Å². The maximum Gasteiger partial charge on any atom is 0.289 e. The van der Waals surface area contributed by atoms with Gasteiger partial charge in [-0.1, -0.05) is 12.1 Å². The molecule has 0 aromatic heterocycles. The van der Waals surface area contributed by atoms with Crippen LogP contribution in [0.3, 0.4) is 0 Å². The van der Waals surface area contributed by atoms with Crippen LogP contribution in [-0.4, -0.2) is 67.7 Å². The molecular formula is C15H20N4O5S. The Morgan fingerprint density at radius 1 is 1.20 bits per heavy atom. The molecule has 2 saturated heterocycles. The van der Waals surface area contributed by atoms with E-state index in [1.807, 2.05) is 0 Å². The van der Waals surface area contributed by atoms with Gasteiger partial charge in [0.05, 0.1) is 10.8 Å². The van der Waals surface area contributed by atoms with Gasteiger partial charge in [0, 0.05) is 38.8 Å². The van der Waals surface area contributed by atoms with Crippen LogP contribution in [0.25, 0.3) is 0 Å². The van der Waals surface area contributed by atoms with E-state index in [0.717, 1.165) is 13.0 Å². The number of nitrogens with zero attached hydrogens (tertiary/aromatic N) is 3. The maximum absolute atomic E-state index is 12.8. The summed E-state index contributed by atoms with van der Waals surface area (Å²) in [5, 5.41) is 14.2. The molecule has 1 N–H and O–H groups in total. The lowest BCUT2D eigenvalue weighted by atomic mass is 10.1. The highest BCUT2D eigenvalue weighted by molar-refractivity contribution is 7.89. The summed E-state index contributed by atoms with van der Waals surface area (Å²) in [6, 6.07) is 5.32. The number of amides is 1. The van der Waals surface area contributed by atoms with Crippen molar-refractivity contribution < 1.29 is 18.1 Å². The Bertz CT molecular complexity index is 768. The second-order valence-corrected chi connectivity index (χ2v) is 8.05. The smallest absolute Gasteiger partial charge is 0.289 e. The molecule has 0 saturated carbocycles. The van der Waals surface area contributed by atoms with Gasteiger partial charge in [0.25, 0.3) is 5.69 Å². The van der Waals surface area contributed by atoms with Crippen LogP contribution in [0.2, 0.25) is 0 Å². The highest BCUT2D eigenvalue weighted by Crippen LogP contribution is 2.27. The molecular weight excluding hydrogens is 348 g/mol. The Morgan fingerprint density at radius 2 is 1.88 bits per heavy atom. The van der Waals surface area contributed by atoms with Crippen LogP contribution in [0.4, 0.5) is 5.69 Å². The maximum atomic E-state index is 12.8. The zero-order chi connectivity index (χ0) is 18.0. The van der Waals surface area contributed by atoms with Gasteiger partial charge in [-0.3, -0.25) is 14.9 Å². The fraction of sp³-hybridized carbons (Fsp3) is 0.533. The average molecular weight is 368 g/mol. The van der Waals surface area contributed by atoms with Crippen LogP contribution in [-0.2, 0) is 14.8 Å².